The number of rotatable bonds is 3. The molecule has 0 aliphatic carbocycles. The van der Waals surface area contributed by atoms with E-state index in [9.17, 15) is 9.59 Å². The molecule has 2 N–H and O–H groups in total. The van der Waals surface area contributed by atoms with Crippen molar-refractivity contribution in [2.75, 3.05) is 24.7 Å². The molecule has 160 valence electrons. The summed E-state index contributed by atoms with van der Waals surface area (Å²) in [5.74, 6) is 1.03. The van der Waals surface area contributed by atoms with Crippen molar-refractivity contribution in [1.82, 2.24) is 4.98 Å². The summed E-state index contributed by atoms with van der Waals surface area (Å²) < 4.78 is 17.5. The van der Waals surface area contributed by atoms with Crippen LogP contribution >= 0.6 is 0 Å². The van der Waals surface area contributed by atoms with E-state index < -0.39 is 11.3 Å². The molecule has 2 aromatic carbocycles. The van der Waals surface area contributed by atoms with Gasteiger partial charge >= 0.3 is 0 Å². The number of benzene rings is 2. The molecule has 0 fully saturated rings. The molecule has 0 saturated carbocycles. The molecule has 8 nitrogen and oxygen atoms in total. The monoisotopic (exact) mass is 429 g/mol. The summed E-state index contributed by atoms with van der Waals surface area (Å²) in [4.78, 5) is 32.0. The Labute approximate surface area is 183 Å². The predicted octanol–water partition coefficient (Wildman–Crippen LogP) is 2.18. The maximum absolute atomic E-state index is 14.0. The lowest BCUT2D eigenvalue weighted by atomic mass is 9.76. The second-order valence-corrected chi connectivity index (χ2v) is 7.99. The quantitative estimate of drug-likeness (QED) is 0.684. The lowest BCUT2D eigenvalue weighted by Gasteiger charge is -2.24. The third-order valence-corrected chi connectivity index (χ3v) is 6.24. The molecular formula is C24H19N3O5. The van der Waals surface area contributed by atoms with E-state index in [2.05, 4.69) is 4.98 Å². The third kappa shape index (κ3) is 2.52. The molecule has 2 amide bonds. The maximum atomic E-state index is 14.0. The fraction of sp³-hybridized carbons (Fsp3) is 0.208. The molecule has 4 heterocycles. The van der Waals surface area contributed by atoms with E-state index in [4.69, 9.17) is 19.9 Å². The number of hydrogen-bond donors (Lipinski definition) is 1. The van der Waals surface area contributed by atoms with Gasteiger partial charge in [-0.1, -0.05) is 6.07 Å². The van der Waals surface area contributed by atoms with Gasteiger partial charge in [0, 0.05) is 34.6 Å². The molecule has 0 radical (unpaired) electrons. The van der Waals surface area contributed by atoms with Crippen LogP contribution in [-0.2, 0) is 16.8 Å². The lowest BCUT2D eigenvalue weighted by Crippen LogP contribution is -2.42. The largest absolute Gasteiger partial charge is 0.491 e. The normalized spacial score (nSPS) is 20.1. The number of pyridine rings is 1. The van der Waals surface area contributed by atoms with Crippen LogP contribution < -0.4 is 24.8 Å². The van der Waals surface area contributed by atoms with Crippen LogP contribution in [0.1, 0.15) is 27.2 Å². The summed E-state index contributed by atoms with van der Waals surface area (Å²) in [6, 6.07) is 14.3. The number of fused-ring (bicyclic) bond motifs is 5. The molecule has 0 saturated heterocycles. The highest BCUT2D eigenvalue weighted by Gasteiger charge is 2.57. The number of nitrogens with two attached hydrogens (primary N) is 1. The van der Waals surface area contributed by atoms with E-state index in [0.29, 0.717) is 59.4 Å². The first kappa shape index (κ1) is 18.7. The molecular weight excluding hydrogens is 410 g/mol. The topological polar surface area (TPSA) is 104 Å². The Bertz CT molecular complexity index is 1280. The minimum absolute atomic E-state index is 0.109. The van der Waals surface area contributed by atoms with Crippen molar-refractivity contribution in [3.05, 3.63) is 77.1 Å². The number of ether oxygens (including phenoxy) is 3. The van der Waals surface area contributed by atoms with Crippen LogP contribution in [-0.4, -0.2) is 36.6 Å². The number of primary amides is 1. The fourth-order valence-corrected chi connectivity index (χ4v) is 4.72. The Morgan fingerprint density at radius 3 is 2.56 bits per heavy atom. The summed E-state index contributed by atoms with van der Waals surface area (Å²) >= 11 is 0. The van der Waals surface area contributed by atoms with Crippen molar-refractivity contribution < 1.29 is 23.8 Å². The number of hydrogen-bond acceptors (Lipinski definition) is 6. The van der Waals surface area contributed by atoms with Crippen LogP contribution in [0, 0.1) is 0 Å². The summed E-state index contributed by atoms with van der Waals surface area (Å²) in [7, 11) is 0. The number of anilines is 1. The van der Waals surface area contributed by atoms with E-state index in [1.54, 1.807) is 35.4 Å². The summed E-state index contributed by atoms with van der Waals surface area (Å²) in [6.07, 6.45) is 1.69. The highest BCUT2D eigenvalue weighted by molar-refractivity contribution is 6.12. The van der Waals surface area contributed by atoms with Crippen molar-refractivity contribution in [3.8, 4) is 17.2 Å². The number of carbonyl (C=O) groups is 2. The van der Waals surface area contributed by atoms with Crippen LogP contribution in [0.3, 0.4) is 0 Å². The van der Waals surface area contributed by atoms with Crippen LogP contribution in [0.15, 0.2) is 54.7 Å². The molecule has 32 heavy (non-hydrogen) atoms. The molecule has 1 atom stereocenters. The first-order valence-corrected chi connectivity index (χ1v) is 10.3. The Hall–Kier alpha value is -4.07. The second-order valence-electron chi connectivity index (χ2n) is 7.99. The van der Waals surface area contributed by atoms with Gasteiger partial charge in [0.1, 0.15) is 31.0 Å². The van der Waals surface area contributed by atoms with Gasteiger partial charge in [0.2, 0.25) is 11.8 Å². The first-order chi connectivity index (χ1) is 15.6. The Balaban J connectivity index is 1.54. The molecule has 3 aromatic rings. The molecule has 0 bridgehead atoms. The summed E-state index contributed by atoms with van der Waals surface area (Å²) in [6.45, 7) is 1.29. The molecule has 1 unspecified atom stereocenters. The number of nitrogens with zero attached hydrogens (tertiary/aromatic N) is 2. The van der Waals surface area contributed by atoms with Crippen LogP contribution in [0.25, 0.3) is 0 Å². The van der Waals surface area contributed by atoms with Gasteiger partial charge in [-0.15, -0.1) is 0 Å². The number of aromatic nitrogens is 1. The van der Waals surface area contributed by atoms with Gasteiger partial charge in [-0.25, -0.2) is 0 Å². The third-order valence-electron chi connectivity index (χ3n) is 6.24. The molecule has 1 spiro atoms. The van der Waals surface area contributed by atoms with E-state index >= 15 is 0 Å². The summed E-state index contributed by atoms with van der Waals surface area (Å²) in [5, 5.41) is 0. The van der Waals surface area contributed by atoms with Crippen LogP contribution in [0.5, 0.6) is 17.2 Å². The van der Waals surface area contributed by atoms with Gasteiger partial charge in [0.25, 0.3) is 0 Å². The standard InChI is InChI=1S/C24H19N3O5/c25-22(28)14-4-5-18-16(9-14)24(23(29)27(18)12-15-3-1-2-6-26-15)13-32-19-11-21-20(10-17(19)24)30-7-8-31-21/h1-6,9-11H,7-8,12-13H2,(H2,25,28). The molecule has 3 aliphatic heterocycles. The van der Waals surface area contributed by atoms with Crippen molar-refractivity contribution in [3.63, 3.8) is 0 Å². The molecule has 8 heteroatoms. The van der Waals surface area contributed by atoms with Gasteiger partial charge in [-0.3, -0.25) is 14.6 Å². The smallest absolute Gasteiger partial charge is 0.248 e. The van der Waals surface area contributed by atoms with E-state index in [1.165, 1.54) is 0 Å². The van der Waals surface area contributed by atoms with Crippen molar-refractivity contribution in [2.24, 2.45) is 5.73 Å². The fourth-order valence-electron chi connectivity index (χ4n) is 4.72. The van der Waals surface area contributed by atoms with Crippen molar-refractivity contribution in [2.45, 2.75) is 12.0 Å². The second kappa shape index (κ2) is 6.71. The predicted molar refractivity (Wildman–Crippen MR) is 114 cm³/mol. The first-order valence-electron chi connectivity index (χ1n) is 10.3. The SMILES string of the molecule is NC(=O)c1ccc2c(c1)C1(COc3cc4c(cc31)OCCO4)C(=O)N2Cc1ccccn1. The number of amides is 2. The van der Waals surface area contributed by atoms with E-state index in [-0.39, 0.29) is 12.5 Å². The highest BCUT2D eigenvalue weighted by Crippen LogP contribution is 2.55. The Morgan fingerprint density at radius 1 is 1.00 bits per heavy atom. The molecule has 1 aromatic heterocycles. The van der Waals surface area contributed by atoms with Crippen LogP contribution in [0.4, 0.5) is 5.69 Å². The summed E-state index contributed by atoms with van der Waals surface area (Å²) in [5.41, 5.74) is 7.62. The van der Waals surface area contributed by atoms with Gasteiger partial charge in [0.05, 0.1) is 12.2 Å². The maximum Gasteiger partial charge on any atom is 0.248 e. The van der Waals surface area contributed by atoms with Gasteiger partial charge in [-0.05, 0) is 36.4 Å². The van der Waals surface area contributed by atoms with Gasteiger partial charge in [-0.2, -0.15) is 0 Å². The van der Waals surface area contributed by atoms with Crippen molar-refractivity contribution >= 4 is 17.5 Å². The minimum Gasteiger partial charge on any atom is -0.491 e. The minimum atomic E-state index is -1.11. The zero-order valence-electron chi connectivity index (χ0n) is 17.0. The van der Waals surface area contributed by atoms with E-state index in [0.717, 1.165) is 5.69 Å². The zero-order chi connectivity index (χ0) is 21.9. The zero-order valence-corrected chi connectivity index (χ0v) is 17.0. The van der Waals surface area contributed by atoms with Crippen molar-refractivity contribution in [1.29, 1.82) is 0 Å². The average molecular weight is 429 g/mol. The number of carbonyl (C=O) groups excluding carboxylic acids is 2. The van der Waals surface area contributed by atoms with E-state index in [1.807, 2.05) is 24.3 Å². The molecule has 3 aliphatic rings. The van der Waals surface area contributed by atoms with Crippen LogP contribution in [0.2, 0.25) is 0 Å². The van der Waals surface area contributed by atoms with Gasteiger partial charge < -0.3 is 24.8 Å². The Morgan fingerprint density at radius 2 is 1.81 bits per heavy atom. The lowest BCUT2D eigenvalue weighted by molar-refractivity contribution is -0.122. The average Bonchev–Trinajstić information content (AvgIpc) is 3.30. The highest BCUT2D eigenvalue weighted by atomic mass is 16.6. The molecule has 6 rings (SSSR count). The van der Waals surface area contributed by atoms with Gasteiger partial charge in [0.15, 0.2) is 11.5 Å². The Kier molecular flexibility index (Phi) is 3.92.